The minimum atomic E-state index is -0.299. The lowest BCUT2D eigenvalue weighted by Crippen LogP contribution is -2.03. The third kappa shape index (κ3) is 2.94. The van der Waals surface area contributed by atoms with Crippen molar-refractivity contribution in [2.45, 2.75) is 6.42 Å². The van der Waals surface area contributed by atoms with E-state index < -0.39 is 0 Å². The monoisotopic (exact) mass is 244 g/mol. The van der Waals surface area contributed by atoms with Gasteiger partial charge in [0.25, 0.3) is 0 Å². The Morgan fingerprint density at radius 3 is 2.56 bits per heavy atom. The predicted molar refractivity (Wildman–Crippen MR) is 67.4 cm³/mol. The second-order valence-corrected chi connectivity index (χ2v) is 3.96. The van der Waals surface area contributed by atoms with Crippen LogP contribution in [-0.4, -0.2) is 12.9 Å². The summed E-state index contributed by atoms with van der Waals surface area (Å²) in [7, 11) is 1.56. The van der Waals surface area contributed by atoms with Gasteiger partial charge >= 0.3 is 0 Å². The quantitative estimate of drug-likeness (QED) is 0.772. The van der Waals surface area contributed by atoms with E-state index in [0.717, 1.165) is 5.56 Å². The Hall–Kier alpha value is -2.16. The summed E-state index contributed by atoms with van der Waals surface area (Å²) in [5.74, 6) is 0.341. The molecule has 0 spiro atoms. The second-order valence-electron chi connectivity index (χ2n) is 3.96. The fraction of sp³-hybridized carbons (Fsp3) is 0.133. The summed E-state index contributed by atoms with van der Waals surface area (Å²) >= 11 is 0. The summed E-state index contributed by atoms with van der Waals surface area (Å²) in [5, 5.41) is 0. The van der Waals surface area contributed by atoms with Crippen LogP contribution in [0.15, 0.2) is 48.5 Å². The van der Waals surface area contributed by atoms with Crippen molar-refractivity contribution in [3.63, 3.8) is 0 Å². The zero-order valence-electron chi connectivity index (χ0n) is 10.0. The van der Waals surface area contributed by atoms with Gasteiger partial charge in [0, 0.05) is 12.0 Å². The van der Waals surface area contributed by atoms with Crippen molar-refractivity contribution in [1.29, 1.82) is 0 Å². The third-order valence-corrected chi connectivity index (χ3v) is 2.67. The Bertz CT molecular complexity index is 547. The standard InChI is InChI=1S/C15H13FO2/c1-18-14-4-2-3-12(10-14)15(17)9-11-5-7-13(16)8-6-11/h2-8,10H,9H2,1H3. The first kappa shape index (κ1) is 12.3. The van der Waals surface area contributed by atoms with E-state index in [1.54, 1.807) is 43.5 Å². The molecule has 3 heteroatoms. The van der Waals surface area contributed by atoms with Crippen molar-refractivity contribution < 1.29 is 13.9 Å². The molecular formula is C15H13FO2. The molecule has 0 aromatic heterocycles. The molecule has 2 aromatic carbocycles. The van der Waals surface area contributed by atoms with E-state index in [1.807, 2.05) is 0 Å². The molecule has 0 aliphatic carbocycles. The number of halogens is 1. The summed E-state index contributed by atoms with van der Waals surface area (Å²) in [6, 6.07) is 13.0. The van der Waals surface area contributed by atoms with Crippen molar-refractivity contribution in [3.05, 3.63) is 65.5 Å². The Morgan fingerprint density at radius 1 is 1.17 bits per heavy atom. The number of benzene rings is 2. The van der Waals surface area contributed by atoms with Crippen LogP contribution in [0.2, 0.25) is 0 Å². The number of carbonyl (C=O) groups is 1. The van der Waals surface area contributed by atoms with Crippen molar-refractivity contribution in [2.75, 3.05) is 7.11 Å². The molecule has 0 N–H and O–H groups in total. The van der Waals surface area contributed by atoms with Crippen molar-refractivity contribution >= 4 is 5.78 Å². The van der Waals surface area contributed by atoms with Gasteiger partial charge in [-0.3, -0.25) is 4.79 Å². The molecule has 0 atom stereocenters. The Kier molecular flexibility index (Phi) is 3.72. The van der Waals surface area contributed by atoms with Crippen molar-refractivity contribution in [1.82, 2.24) is 0 Å². The maximum Gasteiger partial charge on any atom is 0.167 e. The number of rotatable bonds is 4. The maximum absolute atomic E-state index is 12.7. The molecule has 2 rings (SSSR count). The molecule has 0 saturated carbocycles. The first-order valence-electron chi connectivity index (χ1n) is 5.61. The van der Waals surface area contributed by atoms with Crippen LogP contribution in [0.4, 0.5) is 4.39 Å². The van der Waals surface area contributed by atoms with E-state index >= 15 is 0 Å². The molecule has 2 aromatic rings. The number of methoxy groups -OCH3 is 1. The molecule has 2 nitrogen and oxygen atoms in total. The van der Waals surface area contributed by atoms with Gasteiger partial charge in [0.1, 0.15) is 11.6 Å². The van der Waals surface area contributed by atoms with E-state index in [2.05, 4.69) is 0 Å². The molecule has 0 radical (unpaired) electrons. The van der Waals surface area contributed by atoms with E-state index in [4.69, 9.17) is 4.74 Å². The number of hydrogen-bond acceptors (Lipinski definition) is 2. The van der Waals surface area contributed by atoms with Crippen molar-refractivity contribution in [3.8, 4) is 5.75 Å². The minimum absolute atomic E-state index is 0.0134. The number of carbonyl (C=O) groups excluding carboxylic acids is 1. The van der Waals surface area contributed by atoms with E-state index in [-0.39, 0.29) is 18.0 Å². The zero-order chi connectivity index (χ0) is 13.0. The molecule has 92 valence electrons. The van der Waals surface area contributed by atoms with Gasteiger partial charge in [-0.25, -0.2) is 4.39 Å². The molecule has 0 heterocycles. The predicted octanol–water partition coefficient (Wildman–Crippen LogP) is 3.26. The topological polar surface area (TPSA) is 26.3 Å². The minimum Gasteiger partial charge on any atom is -0.497 e. The van der Waals surface area contributed by atoms with Gasteiger partial charge in [0.2, 0.25) is 0 Å². The Morgan fingerprint density at radius 2 is 1.89 bits per heavy atom. The average molecular weight is 244 g/mol. The summed E-state index contributed by atoms with van der Waals surface area (Å²) in [5.41, 5.74) is 1.39. The van der Waals surface area contributed by atoms with Gasteiger partial charge in [-0.05, 0) is 29.8 Å². The highest BCUT2D eigenvalue weighted by Crippen LogP contribution is 2.15. The van der Waals surface area contributed by atoms with Gasteiger partial charge in [0.15, 0.2) is 5.78 Å². The first-order chi connectivity index (χ1) is 8.69. The molecule has 0 amide bonds. The molecule has 0 aliphatic rings. The summed E-state index contributed by atoms with van der Waals surface area (Å²) in [6.45, 7) is 0. The van der Waals surface area contributed by atoms with Crippen LogP contribution in [0.5, 0.6) is 5.75 Å². The molecule has 0 aliphatic heterocycles. The molecule has 0 unspecified atom stereocenters. The lowest BCUT2D eigenvalue weighted by molar-refractivity contribution is 0.0992. The molecule has 18 heavy (non-hydrogen) atoms. The fourth-order valence-electron chi connectivity index (χ4n) is 1.69. The van der Waals surface area contributed by atoms with E-state index in [0.29, 0.717) is 11.3 Å². The highest BCUT2D eigenvalue weighted by atomic mass is 19.1. The highest BCUT2D eigenvalue weighted by molar-refractivity contribution is 5.97. The summed E-state index contributed by atoms with van der Waals surface area (Å²) < 4.78 is 17.8. The SMILES string of the molecule is COc1cccc(C(=O)Cc2ccc(F)cc2)c1. The first-order valence-corrected chi connectivity index (χ1v) is 5.61. The van der Waals surface area contributed by atoms with Gasteiger partial charge < -0.3 is 4.74 Å². The van der Waals surface area contributed by atoms with Crippen LogP contribution in [0.1, 0.15) is 15.9 Å². The number of Topliss-reactive ketones (excluding diaryl/α,β-unsaturated/α-hetero) is 1. The van der Waals surface area contributed by atoms with Crippen LogP contribution in [-0.2, 0) is 6.42 Å². The number of hydrogen-bond donors (Lipinski definition) is 0. The fourth-order valence-corrected chi connectivity index (χ4v) is 1.69. The van der Waals surface area contributed by atoms with E-state index in [1.165, 1.54) is 12.1 Å². The van der Waals surface area contributed by atoms with Gasteiger partial charge in [-0.2, -0.15) is 0 Å². The highest BCUT2D eigenvalue weighted by Gasteiger charge is 2.08. The third-order valence-electron chi connectivity index (χ3n) is 2.67. The summed E-state index contributed by atoms with van der Waals surface area (Å²) in [6.07, 6.45) is 0.257. The van der Waals surface area contributed by atoms with Gasteiger partial charge in [0.05, 0.1) is 7.11 Å². The van der Waals surface area contributed by atoms with Crippen LogP contribution in [0, 0.1) is 5.82 Å². The maximum atomic E-state index is 12.7. The molecular weight excluding hydrogens is 231 g/mol. The summed E-state index contributed by atoms with van der Waals surface area (Å²) in [4.78, 5) is 12.0. The molecule has 0 bridgehead atoms. The van der Waals surface area contributed by atoms with Crippen LogP contribution >= 0.6 is 0 Å². The van der Waals surface area contributed by atoms with Crippen LogP contribution in [0.3, 0.4) is 0 Å². The number of ether oxygens (including phenoxy) is 1. The Balaban J connectivity index is 2.14. The van der Waals surface area contributed by atoms with Gasteiger partial charge in [-0.15, -0.1) is 0 Å². The lowest BCUT2D eigenvalue weighted by Gasteiger charge is -2.04. The lowest BCUT2D eigenvalue weighted by atomic mass is 10.0. The smallest absolute Gasteiger partial charge is 0.167 e. The molecule has 0 fully saturated rings. The van der Waals surface area contributed by atoms with E-state index in [9.17, 15) is 9.18 Å². The average Bonchev–Trinajstić information content (AvgIpc) is 2.41. The Labute approximate surface area is 105 Å². The zero-order valence-corrected chi connectivity index (χ0v) is 10.0. The van der Waals surface area contributed by atoms with Gasteiger partial charge in [-0.1, -0.05) is 24.3 Å². The van der Waals surface area contributed by atoms with Crippen LogP contribution in [0.25, 0.3) is 0 Å². The van der Waals surface area contributed by atoms with Crippen LogP contribution < -0.4 is 4.74 Å². The van der Waals surface area contributed by atoms with Crippen molar-refractivity contribution in [2.24, 2.45) is 0 Å². The second kappa shape index (κ2) is 5.45. The molecule has 0 saturated heterocycles. The normalized spacial score (nSPS) is 10.1. The largest absolute Gasteiger partial charge is 0.497 e. The number of ketones is 1.